The van der Waals surface area contributed by atoms with E-state index in [-0.39, 0.29) is 38.4 Å². The van der Waals surface area contributed by atoms with Crippen LogP contribution in [0.1, 0.15) is 15.9 Å². The van der Waals surface area contributed by atoms with Gasteiger partial charge in [-0.05, 0) is 60.2 Å². The Balaban J connectivity index is 1.85. The minimum Gasteiger partial charge on any atom is -0.497 e. The van der Waals surface area contributed by atoms with Gasteiger partial charge in [-0.25, -0.2) is 4.79 Å². The van der Waals surface area contributed by atoms with Crippen LogP contribution >= 0.6 is 23.2 Å². The van der Waals surface area contributed by atoms with Gasteiger partial charge in [0.05, 0.1) is 29.7 Å². The Labute approximate surface area is 220 Å². The molecule has 37 heavy (non-hydrogen) atoms. The van der Waals surface area contributed by atoms with E-state index in [1.54, 1.807) is 18.2 Å². The number of rotatable bonds is 8. The van der Waals surface area contributed by atoms with E-state index in [1.807, 2.05) is 0 Å². The van der Waals surface area contributed by atoms with Gasteiger partial charge in [0.15, 0.2) is 11.5 Å². The minimum absolute atomic E-state index is 0.0153. The van der Waals surface area contributed by atoms with E-state index in [0.717, 1.165) is 6.07 Å². The topological polar surface area (TPSA) is 141 Å². The largest absolute Gasteiger partial charge is 0.497 e. The average Bonchev–Trinajstić information content (AvgIpc) is 2.89. The molecule has 0 aromatic heterocycles. The molecule has 12 heteroatoms. The van der Waals surface area contributed by atoms with E-state index in [4.69, 9.17) is 37.4 Å². The van der Waals surface area contributed by atoms with Crippen molar-refractivity contribution in [3.05, 3.63) is 91.5 Å². The third kappa shape index (κ3) is 6.55. The highest BCUT2D eigenvalue weighted by atomic mass is 35.5. The molecule has 0 saturated carbocycles. The lowest BCUT2D eigenvalue weighted by molar-refractivity contribution is -0.384. The number of ether oxygens (including phenoxy) is 3. The van der Waals surface area contributed by atoms with Gasteiger partial charge in [0.2, 0.25) is 0 Å². The number of hydrogen-bond donors (Lipinski definition) is 1. The lowest BCUT2D eigenvalue weighted by Crippen LogP contribution is -2.13. The van der Waals surface area contributed by atoms with Gasteiger partial charge in [-0.1, -0.05) is 23.2 Å². The van der Waals surface area contributed by atoms with E-state index in [0.29, 0.717) is 11.3 Å². The molecular formula is C25H17Cl2N3O7. The number of nitriles is 1. The first-order valence-corrected chi connectivity index (χ1v) is 11.0. The number of amides is 1. The predicted molar refractivity (Wildman–Crippen MR) is 136 cm³/mol. The number of carbonyl (C=O) groups is 2. The third-order valence-corrected chi connectivity index (χ3v) is 5.45. The summed E-state index contributed by atoms with van der Waals surface area (Å²) in [7, 11) is 2.83. The highest BCUT2D eigenvalue weighted by Gasteiger charge is 2.19. The van der Waals surface area contributed by atoms with Gasteiger partial charge in [-0.3, -0.25) is 14.9 Å². The van der Waals surface area contributed by atoms with Gasteiger partial charge in [0, 0.05) is 11.8 Å². The Morgan fingerprint density at radius 3 is 2.32 bits per heavy atom. The molecule has 0 fully saturated rings. The molecule has 3 rings (SSSR count). The maximum absolute atomic E-state index is 12.6. The van der Waals surface area contributed by atoms with Crippen molar-refractivity contribution >= 4 is 52.5 Å². The Kier molecular flexibility index (Phi) is 8.68. The lowest BCUT2D eigenvalue weighted by Gasteiger charge is -2.12. The molecule has 1 N–H and O–H groups in total. The molecule has 188 valence electrons. The maximum Gasteiger partial charge on any atom is 0.343 e. The van der Waals surface area contributed by atoms with Crippen molar-refractivity contribution in [2.24, 2.45) is 0 Å². The normalized spacial score (nSPS) is 10.7. The smallest absolute Gasteiger partial charge is 0.343 e. The Hall–Kier alpha value is -4.59. The van der Waals surface area contributed by atoms with Crippen LogP contribution in [-0.2, 0) is 4.79 Å². The summed E-state index contributed by atoms with van der Waals surface area (Å²) in [5, 5.41) is 22.9. The number of nitrogens with zero attached hydrogens (tertiary/aromatic N) is 2. The fraction of sp³-hybridized carbons (Fsp3) is 0.0800. The molecule has 3 aromatic rings. The second kappa shape index (κ2) is 11.9. The van der Waals surface area contributed by atoms with Crippen LogP contribution in [0.25, 0.3) is 6.08 Å². The molecule has 0 atom stereocenters. The first-order valence-electron chi connectivity index (χ1n) is 10.3. The fourth-order valence-electron chi connectivity index (χ4n) is 3.04. The summed E-state index contributed by atoms with van der Waals surface area (Å²) in [6.07, 6.45) is 1.23. The quantitative estimate of drug-likeness (QED) is 0.0957. The Bertz CT molecular complexity index is 1450. The molecule has 0 unspecified atom stereocenters. The summed E-state index contributed by atoms with van der Waals surface area (Å²) in [6.45, 7) is 0. The van der Waals surface area contributed by atoms with Crippen LogP contribution in [0, 0.1) is 21.4 Å². The number of nitrogens with one attached hydrogen (secondary N) is 1. The van der Waals surface area contributed by atoms with Gasteiger partial charge in [-0.2, -0.15) is 5.26 Å². The van der Waals surface area contributed by atoms with Crippen LogP contribution in [0.3, 0.4) is 0 Å². The zero-order valence-corrected chi connectivity index (χ0v) is 20.8. The monoisotopic (exact) mass is 541 g/mol. The van der Waals surface area contributed by atoms with Crippen molar-refractivity contribution in [3.63, 3.8) is 0 Å². The predicted octanol–water partition coefficient (Wildman–Crippen LogP) is 5.68. The molecule has 0 spiro atoms. The second-order valence-corrected chi connectivity index (χ2v) is 8.01. The maximum atomic E-state index is 12.6. The number of anilines is 1. The molecule has 0 aliphatic carbocycles. The van der Waals surface area contributed by atoms with Crippen molar-refractivity contribution < 1.29 is 28.7 Å². The standard InChI is InChI=1S/C25H17Cl2N3O7/c1-35-18-6-3-15(4-7-18)25(32)37-23-20(27)10-14(11-22(23)36-2)9-16(13-28)24(31)29-17-5-8-19(26)21(12-17)30(33)34/h3-12H,1-2H3,(H,29,31)/b16-9+. The zero-order valence-electron chi connectivity index (χ0n) is 19.3. The zero-order chi connectivity index (χ0) is 27.1. The number of carbonyl (C=O) groups excluding carboxylic acids is 2. The first kappa shape index (κ1) is 27.0. The molecule has 10 nitrogen and oxygen atoms in total. The molecule has 0 radical (unpaired) electrons. The van der Waals surface area contributed by atoms with Crippen LogP contribution in [0.4, 0.5) is 11.4 Å². The van der Waals surface area contributed by atoms with E-state index >= 15 is 0 Å². The Morgan fingerprint density at radius 2 is 1.73 bits per heavy atom. The fourth-order valence-corrected chi connectivity index (χ4v) is 3.49. The van der Waals surface area contributed by atoms with Crippen molar-refractivity contribution in [1.82, 2.24) is 0 Å². The molecule has 0 aliphatic rings. The van der Waals surface area contributed by atoms with E-state index in [9.17, 15) is 25.0 Å². The van der Waals surface area contributed by atoms with Crippen molar-refractivity contribution in [2.45, 2.75) is 0 Å². The van der Waals surface area contributed by atoms with Crippen LogP contribution in [-0.4, -0.2) is 31.0 Å². The van der Waals surface area contributed by atoms with Gasteiger partial charge in [-0.15, -0.1) is 0 Å². The SMILES string of the molecule is COc1ccc(C(=O)Oc2c(Cl)cc(/C=C(\C#N)C(=O)Nc3ccc(Cl)c([N+](=O)[O-])c3)cc2OC)cc1. The molecule has 0 bridgehead atoms. The van der Waals surface area contributed by atoms with E-state index < -0.39 is 22.5 Å². The van der Waals surface area contributed by atoms with E-state index in [1.165, 1.54) is 56.7 Å². The third-order valence-electron chi connectivity index (χ3n) is 4.85. The van der Waals surface area contributed by atoms with Crippen LogP contribution in [0.15, 0.2) is 60.2 Å². The number of esters is 1. The average molecular weight is 542 g/mol. The van der Waals surface area contributed by atoms with Crippen molar-refractivity contribution in [2.75, 3.05) is 19.5 Å². The first-order chi connectivity index (χ1) is 17.7. The van der Waals surface area contributed by atoms with Crippen LogP contribution < -0.4 is 19.5 Å². The highest BCUT2D eigenvalue weighted by Crippen LogP contribution is 2.37. The summed E-state index contributed by atoms with van der Waals surface area (Å²) in [6, 6.07) is 14.5. The number of halogens is 2. The van der Waals surface area contributed by atoms with Crippen LogP contribution in [0.5, 0.6) is 17.2 Å². The summed E-state index contributed by atoms with van der Waals surface area (Å²) in [4.78, 5) is 35.5. The number of hydrogen-bond acceptors (Lipinski definition) is 8. The molecule has 1 amide bonds. The van der Waals surface area contributed by atoms with Crippen molar-refractivity contribution in [1.29, 1.82) is 5.26 Å². The minimum atomic E-state index is -0.829. The highest BCUT2D eigenvalue weighted by molar-refractivity contribution is 6.33. The second-order valence-electron chi connectivity index (χ2n) is 7.20. The Morgan fingerprint density at radius 1 is 1.03 bits per heavy atom. The van der Waals surface area contributed by atoms with Gasteiger partial charge in [0.25, 0.3) is 11.6 Å². The van der Waals surface area contributed by atoms with Gasteiger partial charge < -0.3 is 19.5 Å². The van der Waals surface area contributed by atoms with Crippen LogP contribution in [0.2, 0.25) is 10.0 Å². The van der Waals surface area contributed by atoms with Gasteiger partial charge >= 0.3 is 5.97 Å². The summed E-state index contributed by atoms with van der Waals surface area (Å²) < 4.78 is 15.8. The number of benzene rings is 3. The van der Waals surface area contributed by atoms with E-state index in [2.05, 4.69) is 5.32 Å². The molecule has 0 aliphatic heterocycles. The summed E-state index contributed by atoms with van der Waals surface area (Å²) >= 11 is 12.1. The summed E-state index contributed by atoms with van der Waals surface area (Å²) in [5.74, 6) is -0.940. The number of methoxy groups -OCH3 is 2. The van der Waals surface area contributed by atoms with Crippen molar-refractivity contribution in [3.8, 4) is 23.3 Å². The molecule has 0 saturated heterocycles. The number of nitro benzene ring substituents is 1. The molecular weight excluding hydrogens is 525 g/mol. The molecule has 0 heterocycles. The number of nitro groups is 1. The lowest BCUT2D eigenvalue weighted by atomic mass is 10.1. The molecule has 3 aromatic carbocycles. The summed E-state index contributed by atoms with van der Waals surface area (Å²) in [5.41, 5.74) is -0.135. The van der Waals surface area contributed by atoms with Gasteiger partial charge in [0.1, 0.15) is 22.4 Å².